The standard InChI is InChI=1S/C79H136NO8P/c1-3-5-7-9-11-13-15-17-19-21-23-25-27-29-31-33-35-36-37-38-39-40-42-43-45-47-49-51-53-55-57-59-61-63-65-67-69-71-78(81)85-75-77(76-87-89(83,84)86-74-73-80)88-79(82)72-70-68-66-64-62-60-58-56-54-52-50-48-46-44-41-34-32-30-28-26-24-22-20-18-16-14-12-10-8-6-4-2/h5-8,11-14,17-20,23-26,29-32,41,44,77H,3-4,9-10,15-16,21-22,27-28,33-40,42-43,45-76,80H2,1-2H3,(H,83,84)/b7-5-,8-6-,13-11-,14-12-,19-17-,20-18-,25-23-,26-24-,31-29-,32-30-,44-41-. The number of hydrogen-bond acceptors (Lipinski definition) is 8. The van der Waals surface area contributed by atoms with E-state index in [1.807, 2.05) is 0 Å². The van der Waals surface area contributed by atoms with Crippen molar-refractivity contribution in [3.63, 3.8) is 0 Å². The fourth-order valence-electron chi connectivity index (χ4n) is 10.2. The van der Waals surface area contributed by atoms with E-state index in [0.29, 0.717) is 6.42 Å². The Bertz CT molecular complexity index is 1920. The van der Waals surface area contributed by atoms with E-state index in [4.69, 9.17) is 24.3 Å². The van der Waals surface area contributed by atoms with E-state index in [9.17, 15) is 19.0 Å². The molecule has 510 valence electrons. The van der Waals surface area contributed by atoms with E-state index >= 15 is 0 Å². The molecule has 0 saturated heterocycles. The number of carbonyl (C=O) groups is 2. The first-order chi connectivity index (χ1) is 43.8. The van der Waals surface area contributed by atoms with Gasteiger partial charge >= 0.3 is 19.8 Å². The zero-order valence-corrected chi connectivity index (χ0v) is 58.3. The Hall–Kier alpha value is -3.85. The molecule has 0 aromatic heterocycles. The Labute approximate surface area is 548 Å². The second-order valence-corrected chi connectivity index (χ2v) is 25.5. The first-order valence-corrected chi connectivity index (χ1v) is 38.2. The summed E-state index contributed by atoms with van der Waals surface area (Å²) >= 11 is 0. The van der Waals surface area contributed by atoms with Crippen LogP contribution in [0.1, 0.15) is 322 Å². The second kappa shape index (κ2) is 73.2. The number of rotatable bonds is 68. The number of carbonyl (C=O) groups excluding carboxylic acids is 2. The third-order valence-corrected chi connectivity index (χ3v) is 16.5. The van der Waals surface area contributed by atoms with Crippen molar-refractivity contribution < 1.29 is 37.6 Å². The minimum Gasteiger partial charge on any atom is -0.462 e. The lowest BCUT2D eigenvalue weighted by atomic mass is 10.0. The third kappa shape index (κ3) is 73.1. The highest BCUT2D eigenvalue weighted by Gasteiger charge is 2.26. The summed E-state index contributed by atoms with van der Waals surface area (Å²) in [5.41, 5.74) is 5.41. The number of nitrogens with two attached hydrogens (primary N) is 1. The molecular weight excluding hydrogens is 1120 g/mol. The average molecular weight is 1260 g/mol. The van der Waals surface area contributed by atoms with Gasteiger partial charge in [-0.05, 0) is 109 Å². The van der Waals surface area contributed by atoms with Crippen molar-refractivity contribution in [3.8, 4) is 0 Å². The predicted molar refractivity (Wildman–Crippen MR) is 385 cm³/mol. The predicted octanol–water partition coefficient (Wildman–Crippen LogP) is 24.4. The SMILES string of the molecule is CC/C=C\C/C=C\C/C=C\C/C=C\C/C=C\C/C=C\CCCCCCCCCCCCCCC(=O)OC(COC(=O)CCCCCCCCCCCCCCCCCCCCCCC/C=C\C/C=C\C/C=C\C/C=C\C/C=C\CC)COP(=O)(O)OCCN. The summed E-state index contributed by atoms with van der Waals surface area (Å²) in [5.74, 6) is -0.823. The van der Waals surface area contributed by atoms with Crippen LogP contribution < -0.4 is 5.73 Å². The van der Waals surface area contributed by atoms with Gasteiger partial charge in [0.1, 0.15) is 6.61 Å². The minimum absolute atomic E-state index is 0.0495. The molecule has 0 rings (SSSR count). The molecule has 0 aliphatic carbocycles. The molecule has 2 atom stereocenters. The second-order valence-electron chi connectivity index (χ2n) is 24.0. The van der Waals surface area contributed by atoms with Crippen molar-refractivity contribution in [2.75, 3.05) is 26.4 Å². The molecule has 89 heavy (non-hydrogen) atoms. The Morgan fingerprint density at radius 2 is 0.584 bits per heavy atom. The van der Waals surface area contributed by atoms with E-state index in [0.717, 1.165) is 109 Å². The molecule has 0 spiro atoms. The molecule has 0 radical (unpaired) electrons. The number of phosphoric acid groups is 1. The van der Waals surface area contributed by atoms with Crippen molar-refractivity contribution in [3.05, 3.63) is 134 Å². The molecule has 0 aromatic carbocycles. The van der Waals surface area contributed by atoms with Crippen molar-refractivity contribution >= 4 is 19.8 Å². The molecule has 2 unspecified atom stereocenters. The van der Waals surface area contributed by atoms with Gasteiger partial charge in [0.05, 0.1) is 13.2 Å². The molecule has 0 aromatic rings. The van der Waals surface area contributed by atoms with Crippen LogP contribution in [-0.4, -0.2) is 49.3 Å². The lowest BCUT2D eigenvalue weighted by Crippen LogP contribution is -2.29. The normalized spacial score (nSPS) is 13.7. The van der Waals surface area contributed by atoms with Crippen molar-refractivity contribution in [2.24, 2.45) is 5.73 Å². The molecule has 10 heteroatoms. The van der Waals surface area contributed by atoms with Crippen LogP contribution in [0.3, 0.4) is 0 Å². The summed E-state index contributed by atoms with van der Waals surface area (Å²) in [6.07, 6.45) is 104. The van der Waals surface area contributed by atoms with Gasteiger partial charge in [-0.1, -0.05) is 334 Å². The number of phosphoric ester groups is 1. The first kappa shape index (κ1) is 85.2. The molecule has 0 bridgehead atoms. The summed E-state index contributed by atoms with van der Waals surface area (Å²) < 4.78 is 33.2. The zero-order chi connectivity index (χ0) is 64.4. The van der Waals surface area contributed by atoms with Crippen LogP contribution in [0.25, 0.3) is 0 Å². The number of esters is 2. The fourth-order valence-corrected chi connectivity index (χ4v) is 11.0. The number of ether oxygens (including phenoxy) is 2. The third-order valence-electron chi connectivity index (χ3n) is 15.5. The Morgan fingerprint density at radius 3 is 0.865 bits per heavy atom. The molecular formula is C79H136NO8P. The van der Waals surface area contributed by atoms with Gasteiger partial charge < -0.3 is 20.1 Å². The van der Waals surface area contributed by atoms with Gasteiger partial charge in [0.15, 0.2) is 6.10 Å². The molecule has 0 heterocycles. The van der Waals surface area contributed by atoms with Crippen LogP contribution >= 0.6 is 7.82 Å². The lowest BCUT2D eigenvalue weighted by molar-refractivity contribution is -0.161. The quantitative estimate of drug-likeness (QED) is 0.0264. The highest BCUT2D eigenvalue weighted by atomic mass is 31.2. The molecule has 0 aliphatic heterocycles. The van der Waals surface area contributed by atoms with Crippen molar-refractivity contribution in [1.29, 1.82) is 0 Å². The summed E-state index contributed by atoms with van der Waals surface area (Å²) in [5, 5.41) is 0. The Morgan fingerprint density at radius 1 is 0.337 bits per heavy atom. The summed E-state index contributed by atoms with van der Waals surface area (Å²) in [4.78, 5) is 35.4. The maximum atomic E-state index is 12.8. The monoisotopic (exact) mass is 1260 g/mol. The van der Waals surface area contributed by atoms with Crippen LogP contribution in [0.4, 0.5) is 0 Å². The summed E-state index contributed by atoms with van der Waals surface area (Å²) in [6.45, 7) is 3.54. The Balaban J connectivity index is 3.85. The molecule has 0 aliphatic rings. The molecule has 3 N–H and O–H groups in total. The minimum atomic E-state index is -4.40. The number of allylic oxidation sites excluding steroid dienone is 22. The van der Waals surface area contributed by atoms with Gasteiger partial charge in [0, 0.05) is 19.4 Å². The highest BCUT2D eigenvalue weighted by Crippen LogP contribution is 2.43. The van der Waals surface area contributed by atoms with Gasteiger partial charge in [0.2, 0.25) is 0 Å². The van der Waals surface area contributed by atoms with Crippen LogP contribution in [-0.2, 0) is 32.7 Å². The van der Waals surface area contributed by atoms with Crippen LogP contribution in [0.2, 0.25) is 0 Å². The topological polar surface area (TPSA) is 134 Å². The van der Waals surface area contributed by atoms with Gasteiger partial charge in [-0.25, -0.2) is 4.57 Å². The van der Waals surface area contributed by atoms with Gasteiger partial charge in [-0.3, -0.25) is 18.6 Å². The average Bonchev–Trinajstić information content (AvgIpc) is 3.68. The first-order valence-electron chi connectivity index (χ1n) is 36.7. The van der Waals surface area contributed by atoms with E-state index < -0.39 is 26.5 Å². The maximum absolute atomic E-state index is 12.8. The number of hydrogen-bond donors (Lipinski definition) is 2. The zero-order valence-electron chi connectivity index (χ0n) is 57.4. The van der Waals surface area contributed by atoms with Gasteiger partial charge in [0.25, 0.3) is 0 Å². The van der Waals surface area contributed by atoms with Crippen molar-refractivity contribution in [1.82, 2.24) is 0 Å². The maximum Gasteiger partial charge on any atom is 0.472 e. The van der Waals surface area contributed by atoms with Crippen LogP contribution in [0.15, 0.2) is 134 Å². The summed E-state index contributed by atoms with van der Waals surface area (Å²) in [6, 6.07) is 0. The van der Waals surface area contributed by atoms with Crippen LogP contribution in [0, 0.1) is 0 Å². The highest BCUT2D eigenvalue weighted by molar-refractivity contribution is 7.47. The molecule has 0 saturated carbocycles. The summed E-state index contributed by atoms with van der Waals surface area (Å²) in [7, 11) is -4.40. The van der Waals surface area contributed by atoms with E-state index in [1.165, 1.54) is 180 Å². The van der Waals surface area contributed by atoms with Crippen LogP contribution in [0.5, 0.6) is 0 Å². The molecule has 9 nitrogen and oxygen atoms in total. The van der Waals surface area contributed by atoms with Gasteiger partial charge in [-0.2, -0.15) is 0 Å². The Kier molecular flexibility index (Phi) is 70.0. The van der Waals surface area contributed by atoms with E-state index in [1.54, 1.807) is 0 Å². The largest absolute Gasteiger partial charge is 0.472 e. The van der Waals surface area contributed by atoms with E-state index in [-0.39, 0.29) is 38.6 Å². The molecule has 0 amide bonds. The van der Waals surface area contributed by atoms with E-state index in [2.05, 4.69) is 148 Å². The van der Waals surface area contributed by atoms with Gasteiger partial charge in [-0.15, -0.1) is 0 Å². The van der Waals surface area contributed by atoms with Crippen molar-refractivity contribution in [2.45, 2.75) is 328 Å². The lowest BCUT2D eigenvalue weighted by Gasteiger charge is -2.19. The fraction of sp³-hybridized carbons (Fsp3) is 0.696. The number of unbranched alkanes of at least 4 members (excludes halogenated alkanes) is 33. The smallest absolute Gasteiger partial charge is 0.462 e. The molecule has 0 fully saturated rings.